The maximum atomic E-state index is 8.55. The van der Waals surface area contributed by atoms with Gasteiger partial charge in [0, 0.05) is 0 Å². The first kappa shape index (κ1) is 11.3. The zero-order valence-corrected chi connectivity index (χ0v) is 9.03. The first-order valence-electron chi connectivity index (χ1n) is 5.39. The quantitative estimate of drug-likeness (QED) is 0.260. The molecule has 14 heavy (non-hydrogen) atoms. The van der Waals surface area contributed by atoms with E-state index in [4.69, 9.17) is 10.9 Å². The van der Waals surface area contributed by atoms with Crippen molar-refractivity contribution in [2.24, 2.45) is 22.7 Å². The third kappa shape index (κ3) is 3.18. The summed E-state index contributed by atoms with van der Waals surface area (Å²) in [4.78, 5) is 0. The van der Waals surface area contributed by atoms with Gasteiger partial charge in [-0.2, -0.15) is 0 Å². The lowest BCUT2D eigenvalue weighted by Gasteiger charge is -2.18. The molecule has 0 aromatic carbocycles. The Kier molecular flexibility index (Phi) is 4.20. The Morgan fingerprint density at radius 2 is 2.29 bits per heavy atom. The average molecular weight is 199 g/mol. The van der Waals surface area contributed by atoms with E-state index in [2.05, 4.69) is 17.4 Å². The van der Waals surface area contributed by atoms with Crippen molar-refractivity contribution in [3.63, 3.8) is 0 Å². The van der Waals surface area contributed by atoms with Gasteiger partial charge in [-0.1, -0.05) is 19.0 Å². The Morgan fingerprint density at radius 1 is 1.64 bits per heavy atom. The van der Waals surface area contributed by atoms with Gasteiger partial charge in [0.15, 0.2) is 5.84 Å². The minimum Gasteiger partial charge on any atom is -0.409 e. The van der Waals surface area contributed by atoms with E-state index >= 15 is 0 Å². The molecule has 0 amide bonds. The molecule has 82 valence electrons. The zero-order valence-electron chi connectivity index (χ0n) is 9.03. The fourth-order valence-corrected chi connectivity index (χ4v) is 1.69. The van der Waals surface area contributed by atoms with Crippen LogP contribution in [0.2, 0.25) is 0 Å². The zero-order chi connectivity index (χ0) is 10.6. The van der Waals surface area contributed by atoms with Gasteiger partial charge in [-0.25, -0.2) is 0 Å². The van der Waals surface area contributed by atoms with E-state index in [0.29, 0.717) is 5.92 Å². The smallest absolute Gasteiger partial charge is 0.156 e. The van der Waals surface area contributed by atoms with Gasteiger partial charge in [0.25, 0.3) is 0 Å². The molecule has 4 heteroatoms. The summed E-state index contributed by atoms with van der Waals surface area (Å²) in [6.07, 6.45) is 3.58. The molecule has 0 aromatic rings. The largest absolute Gasteiger partial charge is 0.409 e. The maximum absolute atomic E-state index is 8.55. The molecule has 0 spiro atoms. The van der Waals surface area contributed by atoms with E-state index in [1.54, 1.807) is 0 Å². The molecule has 4 nitrogen and oxygen atoms in total. The Morgan fingerprint density at radius 3 is 2.71 bits per heavy atom. The molecule has 1 aliphatic rings. The summed E-state index contributed by atoms with van der Waals surface area (Å²) >= 11 is 0. The summed E-state index contributed by atoms with van der Waals surface area (Å²) in [6, 6.07) is 0.0150. The number of amidine groups is 1. The minimum atomic E-state index is 0.0150. The molecule has 2 unspecified atom stereocenters. The highest BCUT2D eigenvalue weighted by Gasteiger charge is 2.28. The molecular formula is C10H21N3O. The van der Waals surface area contributed by atoms with Crippen molar-refractivity contribution in [3.05, 3.63) is 0 Å². The van der Waals surface area contributed by atoms with Crippen molar-refractivity contribution in [1.82, 2.24) is 5.32 Å². The lowest BCUT2D eigenvalue weighted by Crippen LogP contribution is -2.42. The summed E-state index contributed by atoms with van der Waals surface area (Å²) in [5.74, 6) is 1.89. The van der Waals surface area contributed by atoms with Crippen LogP contribution >= 0.6 is 0 Å². The second kappa shape index (κ2) is 5.20. The molecule has 1 fully saturated rings. The third-order valence-electron chi connectivity index (χ3n) is 2.99. The number of hydrogen-bond acceptors (Lipinski definition) is 3. The molecule has 2 atom stereocenters. The maximum Gasteiger partial charge on any atom is 0.156 e. The van der Waals surface area contributed by atoms with Gasteiger partial charge in [-0.05, 0) is 37.6 Å². The third-order valence-corrected chi connectivity index (χ3v) is 2.99. The van der Waals surface area contributed by atoms with Crippen LogP contribution in [0.5, 0.6) is 0 Å². The number of nitrogens with zero attached hydrogens (tertiary/aromatic N) is 1. The highest BCUT2D eigenvalue weighted by molar-refractivity contribution is 5.85. The van der Waals surface area contributed by atoms with Crippen LogP contribution in [0, 0.1) is 11.8 Å². The van der Waals surface area contributed by atoms with E-state index in [0.717, 1.165) is 18.9 Å². The predicted octanol–water partition coefficient (Wildman–Crippen LogP) is 1.15. The Labute approximate surface area is 85.6 Å². The predicted molar refractivity (Wildman–Crippen MR) is 57.4 cm³/mol. The van der Waals surface area contributed by atoms with Crippen LogP contribution in [0.15, 0.2) is 5.16 Å². The van der Waals surface area contributed by atoms with Gasteiger partial charge < -0.3 is 16.3 Å². The molecule has 1 aliphatic carbocycles. The van der Waals surface area contributed by atoms with E-state index in [1.165, 1.54) is 12.8 Å². The van der Waals surface area contributed by atoms with E-state index in [1.807, 2.05) is 6.92 Å². The summed E-state index contributed by atoms with van der Waals surface area (Å²) < 4.78 is 0. The number of nitrogens with two attached hydrogens (primary N) is 1. The summed E-state index contributed by atoms with van der Waals surface area (Å²) in [7, 11) is 0. The van der Waals surface area contributed by atoms with E-state index in [-0.39, 0.29) is 11.9 Å². The first-order chi connectivity index (χ1) is 6.69. The molecule has 0 bridgehead atoms. The Balaban J connectivity index is 2.25. The first-order valence-corrected chi connectivity index (χ1v) is 5.39. The minimum absolute atomic E-state index is 0.0150. The van der Waals surface area contributed by atoms with Crippen LogP contribution in [-0.4, -0.2) is 23.6 Å². The number of hydrogen-bond donors (Lipinski definition) is 3. The normalized spacial score (nSPS) is 22.0. The molecule has 0 aromatic heterocycles. The van der Waals surface area contributed by atoms with Gasteiger partial charge >= 0.3 is 0 Å². The fraction of sp³-hybridized carbons (Fsp3) is 0.900. The van der Waals surface area contributed by atoms with Crippen molar-refractivity contribution in [3.8, 4) is 0 Å². The number of nitrogens with one attached hydrogen (secondary N) is 1. The van der Waals surface area contributed by atoms with Crippen molar-refractivity contribution in [2.75, 3.05) is 6.54 Å². The lowest BCUT2D eigenvalue weighted by molar-refractivity contribution is 0.313. The van der Waals surface area contributed by atoms with Crippen LogP contribution in [0.3, 0.4) is 0 Å². The van der Waals surface area contributed by atoms with Crippen LogP contribution in [0.1, 0.15) is 33.1 Å². The van der Waals surface area contributed by atoms with Gasteiger partial charge in [0.05, 0.1) is 6.04 Å². The topological polar surface area (TPSA) is 70.6 Å². The second-order valence-electron chi connectivity index (χ2n) is 4.21. The second-order valence-corrected chi connectivity index (χ2v) is 4.21. The summed E-state index contributed by atoms with van der Waals surface area (Å²) in [6.45, 7) is 5.24. The molecular weight excluding hydrogens is 178 g/mol. The van der Waals surface area contributed by atoms with Gasteiger partial charge in [-0.15, -0.1) is 0 Å². The molecule has 1 saturated carbocycles. The Hall–Kier alpha value is -0.770. The van der Waals surface area contributed by atoms with Crippen molar-refractivity contribution in [2.45, 2.75) is 39.2 Å². The van der Waals surface area contributed by atoms with Crippen molar-refractivity contribution >= 4 is 5.84 Å². The van der Waals surface area contributed by atoms with Crippen LogP contribution in [-0.2, 0) is 0 Å². The highest BCUT2D eigenvalue weighted by Crippen LogP contribution is 2.36. The van der Waals surface area contributed by atoms with Gasteiger partial charge in [0.2, 0.25) is 0 Å². The monoisotopic (exact) mass is 199 g/mol. The molecule has 0 aliphatic heterocycles. The SMILES string of the molecule is CCC(NCC(C)C1CC1)C(N)=NO. The van der Waals surface area contributed by atoms with Gasteiger partial charge in [-0.3, -0.25) is 0 Å². The van der Waals surface area contributed by atoms with Crippen LogP contribution in [0.25, 0.3) is 0 Å². The number of rotatable bonds is 6. The Bertz CT molecular complexity index is 202. The molecule has 0 heterocycles. The number of oxime groups is 1. The summed E-state index contributed by atoms with van der Waals surface area (Å²) in [5, 5.41) is 14.9. The molecule has 1 rings (SSSR count). The molecule has 0 radical (unpaired) electrons. The fourth-order valence-electron chi connectivity index (χ4n) is 1.69. The van der Waals surface area contributed by atoms with Crippen molar-refractivity contribution < 1.29 is 5.21 Å². The highest BCUT2D eigenvalue weighted by atomic mass is 16.4. The van der Waals surface area contributed by atoms with E-state index < -0.39 is 0 Å². The average Bonchev–Trinajstić information content (AvgIpc) is 3.01. The lowest BCUT2D eigenvalue weighted by atomic mass is 10.1. The van der Waals surface area contributed by atoms with Crippen LogP contribution < -0.4 is 11.1 Å². The van der Waals surface area contributed by atoms with Crippen molar-refractivity contribution in [1.29, 1.82) is 0 Å². The van der Waals surface area contributed by atoms with Gasteiger partial charge in [0.1, 0.15) is 0 Å². The molecule has 0 saturated heterocycles. The standard InChI is InChI=1S/C10H21N3O/c1-3-9(10(11)13-14)12-6-7(2)8-4-5-8/h7-9,12,14H,3-6H2,1-2H3,(H2,11,13). The van der Waals surface area contributed by atoms with Crippen LogP contribution in [0.4, 0.5) is 0 Å². The summed E-state index contributed by atoms with van der Waals surface area (Å²) in [5.41, 5.74) is 5.54. The molecule has 4 N–H and O–H groups in total. The van der Waals surface area contributed by atoms with E-state index in [9.17, 15) is 0 Å².